The summed E-state index contributed by atoms with van der Waals surface area (Å²) in [5.41, 5.74) is 3.76. The number of amides is 1. The van der Waals surface area contributed by atoms with Crippen molar-refractivity contribution in [1.82, 2.24) is 15.2 Å². The maximum absolute atomic E-state index is 12.4. The van der Waals surface area contributed by atoms with Crippen LogP contribution < -0.4 is 19.5 Å². The van der Waals surface area contributed by atoms with E-state index in [0.717, 1.165) is 22.3 Å². The van der Waals surface area contributed by atoms with Crippen LogP contribution in [-0.4, -0.2) is 75.0 Å². The van der Waals surface area contributed by atoms with Crippen LogP contribution in [0.1, 0.15) is 47.6 Å². The number of carbonyl (C=O) groups is 2. The van der Waals surface area contributed by atoms with Crippen molar-refractivity contribution >= 4 is 23.5 Å². The Hall–Kier alpha value is -5.19. The van der Waals surface area contributed by atoms with Crippen LogP contribution in [0.3, 0.4) is 0 Å². The number of nitriles is 1. The van der Waals surface area contributed by atoms with Gasteiger partial charge in [-0.2, -0.15) is 5.26 Å². The number of aromatic nitrogens is 1. The molecule has 1 aromatic heterocycles. The van der Waals surface area contributed by atoms with Crippen molar-refractivity contribution in [1.29, 1.82) is 5.26 Å². The third-order valence-corrected chi connectivity index (χ3v) is 9.26. The molecule has 0 spiro atoms. The highest BCUT2D eigenvalue weighted by atomic mass is 35.5. The first-order valence-electron chi connectivity index (χ1n) is 16.8. The zero-order valence-corrected chi connectivity index (χ0v) is 29.7. The van der Waals surface area contributed by atoms with Gasteiger partial charge in [-0.3, -0.25) is 19.9 Å². The number of β-amino-alcohol motifs (C(OH)–C–C–N with tert-alkyl or cyclic N) is 1. The molecule has 1 aliphatic heterocycles. The van der Waals surface area contributed by atoms with E-state index in [0.29, 0.717) is 53.4 Å². The number of aliphatic hydroxyl groups excluding tert-OH is 2. The van der Waals surface area contributed by atoms with E-state index in [1.807, 2.05) is 49.4 Å². The van der Waals surface area contributed by atoms with Gasteiger partial charge < -0.3 is 34.4 Å². The van der Waals surface area contributed by atoms with Crippen molar-refractivity contribution < 1.29 is 39.1 Å². The molecule has 0 radical (unpaired) electrons. The summed E-state index contributed by atoms with van der Waals surface area (Å²) in [6, 6.07) is 20.5. The number of nitrogens with one attached hydrogen (secondary N) is 1. The molecule has 1 aliphatic rings. The number of aliphatic carboxylic acids is 1. The molecule has 2 atom stereocenters. The lowest BCUT2D eigenvalue weighted by Gasteiger charge is -2.25. The van der Waals surface area contributed by atoms with Gasteiger partial charge in [-0.05, 0) is 66.8 Å². The monoisotopic (exact) mass is 728 g/mol. The zero-order chi connectivity index (χ0) is 37.3. The molecular formula is C39H41ClN4O8. The number of rotatable bonds is 16. The third-order valence-electron chi connectivity index (χ3n) is 8.97. The number of halogens is 1. The first-order valence-corrected chi connectivity index (χ1v) is 17.2. The molecule has 272 valence electrons. The highest BCUT2D eigenvalue weighted by Gasteiger charge is 2.32. The second-order valence-electron chi connectivity index (χ2n) is 12.8. The molecule has 0 saturated carbocycles. The number of carboxylic acid groups (broad SMARTS) is 1. The third kappa shape index (κ3) is 9.57. The van der Waals surface area contributed by atoms with Gasteiger partial charge in [0.05, 0.1) is 36.3 Å². The quantitative estimate of drug-likeness (QED) is 0.122. The van der Waals surface area contributed by atoms with Crippen molar-refractivity contribution in [2.75, 3.05) is 26.3 Å². The fraction of sp³-hybridized carbons (Fsp3) is 0.333. The van der Waals surface area contributed by atoms with E-state index in [2.05, 4.69) is 16.4 Å². The summed E-state index contributed by atoms with van der Waals surface area (Å²) in [4.78, 5) is 30.0. The van der Waals surface area contributed by atoms with Crippen LogP contribution >= 0.6 is 11.6 Å². The fourth-order valence-corrected chi connectivity index (χ4v) is 5.92. The molecule has 5 rings (SSSR count). The van der Waals surface area contributed by atoms with Gasteiger partial charge in [-0.15, -0.1) is 0 Å². The van der Waals surface area contributed by atoms with Crippen molar-refractivity contribution in [3.8, 4) is 34.4 Å². The summed E-state index contributed by atoms with van der Waals surface area (Å²) in [7, 11) is 0. The molecule has 4 aromatic rings. The van der Waals surface area contributed by atoms with Gasteiger partial charge in [0.2, 0.25) is 5.91 Å². The van der Waals surface area contributed by atoms with Crippen LogP contribution in [0, 0.1) is 18.3 Å². The van der Waals surface area contributed by atoms with E-state index in [4.69, 9.17) is 25.8 Å². The van der Waals surface area contributed by atoms with Crippen LogP contribution in [0.4, 0.5) is 0 Å². The number of nitrogens with zero attached hydrogens (tertiary/aromatic N) is 3. The largest absolute Gasteiger partial charge is 0.493 e. The van der Waals surface area contributed by atoms with Gasteiger partial charge in [-0.1, -0.05) is 41.9 Å². The summed E-state index contributed by atoms with van der Waals surface area (Å²) in [6.45, 7) is 4.15. The second-order valence-corrected chi connectivity index (χ2v) is 13.2. The molecule has 52 heavy (non-hydrogen) atoms. The Morgan fingerprint density at radius 1 is 1.06 bits per heavy atom. The molecule has 2 heterocycles. The molecule has 4 N–H and O–H groups in total. The van der Waals surface area contributed by atoms with Crippen LogP contribution in [0.25, 0.3) is 11.1 Å². The van der Waals surface area contributed by atoms with Crippen LogP contribution in [0.5, 0.6) is 17.2 Å². The van der Waals surface area contributed by atoms with Crippen molar-refractivity contribution in [3.05, 3.63) is 106 Å². The number of likely N-dealkylation sites (tertiary alicyclic amines) is 1. The number of hydrogen-bond acceptors (Lipinski definition) is 10. The Morgan fingerprint density at radius 3 is 2.58 bits per heavy atom. The van der Waals surface area contributed by atoms with Crippen molar-refractivity contribution in [2.45, 2.75) is 58.1 Å². The molecule has 12 nitrogen and oxygen atoms in total. The average molecular weight is 729 g/mol. The van der Waals surface area contributed by atoms with Gasteiger partial charge in [0.15, 0.2) is 0 Å². The summed E-state index contributed by atoms with van der Waals surface area (Å²) >= 11 is 6.69. The molecule has 13 heteroatoms. The Labute approximate surface area is 307 Å². The van der Waals surface area contributed by atoms with Crippen LogP contribution in [0.15, 0.2) is 73.1 Å². The molecule has 1 amide bonds. The van der Waals surface area contributed by atoms with Crippen LogP contribution in [0.2, 0.25) is 5.02 Å². The minimum Gasteiger partial charge on any atom is -0.493 e. The normalized spacial score (nSPS) is 15.1. The molecule has 0 aliphatic carbocycles. The zero-order valence-electron chi connectivity index (χ0n) is 29.0. The number of pyridine rings is 1. The van der Waals surface area contributed by atoms with Gasteiger partial charge >= 0.3 is 5.97 Å². The topological polar surface area (TPSA) is 174 Å². The van der Waals surface area contributed by atoms with Gasteiger partial charge in [-0.25, -0.2) is 0 Å². The SMILES string of the molecule is Cc1c(COc2cc(OCc3cncc(C#N)c3)c(CN[C@@](C)(CO)C(=O)O)cc2Cl)cccc1-c1cccc(OCCC(=O)N2CC[C@@H](O)C2)c1. The average Bonchev–Trinajstić information content (AvgIpc) is 3.59. The maximum atomic E-state index is 12.4. The molecule has 3 aromatic carbocycles. The smallest absolute Gasteiger partial charge is 0.326 e. The molecule has 1 saturated heterocycles. The molecule has 1 fully saturated rings. The van der Waals surface area contributed by atoms with Gasteiger partial charge in [0, 0.05) is 49.2 Å². The lowest BCUT2D eigenvalue weighted by Crippen LogP contribution is -2.52. The van der Waals surface area contributed by atoms with E-state index in [9.17, 15) is 30.2 Å². The standard InChI is InChI=1S/C39H41ClN4O8/c1-25-29(6-4-8-33(25)28-5-3-7-32(14-28)50-12-10-37(47)44-11-9-31(46)21-44)23-52-36-16-35(51-22-27-13-26(17-41)18-42-19-27)30(15-34(36)40)20-43-39(2,24-45)38(48)49/h3-8,13-16,18-19,31,43,45-46H,9-12,20-24H2,1-2H3,(H,48,49)/t31-,39+/m1/s1. The van der Waals surface area contributed by atoms with E-state index >= 15 is 0 Å². The summed E-state index contributed by atoms with van der Waals surface area (Å²) in [5.74, 6) is 0.0883. The predicted molar refractivity (Wildman–Crippen MR) is 193 cm³/mol. The highest BCUT2D eigenvalue weighted by Crippen LogP contribution is 2.35. The number of ether oxygens (including phenoxy) is 3. The Kier molecular flexibility index (Phi) is 12.7. The van der Waals surface area contributed by atoms with E-state index in [1.165, 1.54) is 13.1 Å². The van der Waals surface area contributed by atoms with Crippen LogP contribution in [-0.2, 0) is 29.3 Å². The second kappa shape index (κ2) is 17.4. The highest BCUT2D eigenvalue weighted by molar-refractivity contribution is 6.32. The summed E-state index contributed by atoms with van der Waals surface area (Å²) < 4.78 is 18.3. The number of aliphatic hydroxyl groups is 2. The predicted octanol–water partition coefficient (Wildman–Crippen LogP) is 5.03. The molecular weight excluding hydrogens is 688 g/mol. The van der Waals surface area contributed by atoms with Gasteiger partial charge in [0.25, 0.3) is 0 Å². The summed E-state index contributed by atoms with van der Waals surface area (Å²) in [5, 5.41) is 41.5. The lowest BCUT2D eigenvalue weighted by molar-refractivity contribution is -0.146. The Balaban J connectivity index is 1.30. The first kappa shape index (κ1) is 38.1. The minimum atomic E-state index is -1.60. The molecule has 0 unspecified atom stereocenters. The van der Waals surface area contributed by atoms with E-state index in [1.54, 1.807) is 29.3 Å². The summed E-state index contributed by atoms with van der Waals surface area (Å²) in [6.07, 6.45) is 3.41. The lowest BCUT2D eigenvalue weighted by atomic mass is 9.96. The first-order chi connectivity index (χ1) is 25.0. The Bertz CT molecular complexity index is 1950. The number of hydrogen-bond donors (Lipinski definition) is 4. The number of carbonyl (C=O) groups excluding carboxylic acids is 1. The maximum Gasteiger partial charge on any atom is 0.326 e. The number of carboxylic acids is 1. The van der Waals surface area contributed by atoms with E-state index < -0.39 is 24.2 Å². The van der Waals surface area contributed by atoms with Crippen molar-refractivity contribution in [2.24, 2.45) is 0 Å². The fourth-order valence-electron chi connectivity index (χ4n) is 5.68. The van der Waals surface area contributed by atoms with E-state index in [-0.39, 0.29) is 43.7 Å². The van der Waals surface area contributed by atoms with Crippen molar-refractivity contribution in [3.63, 3.8) is 0 Å². The number of benzene rings is 3. The Morgan fingerprint density at radius 2 is 1.85 bits per heavy atom. The minimum absolute atomic E-state index is 0.0119. The molecule has 0 bridgehead atoms. The van der Waals surface area contributed by atoms with Gasteiger partial charge in [0.1, 0.15) is 42.1 Å².